The Bertz CT molecular complexity index is 3680. The van der Waals surface area contributed by atoms with Gasteiger partial charge < -0.3 is 155 Å². The van der Waals surface area contributed by atoms with Crippen LogP contribution in [0.3, 0.4) is 0 Å². The van der Waals surface area contributed by atoms with Gasteiger partial charge in [0.2, 0.25) is 23.6 Å². The monoisotopic (exact) mass is 1900 g/mol. The van der Waals surface area contributed by atoms with Crippen molar-refractivity contribution in [3.63, 3.8) is 0 Å². The summed E-state index contributed by atoms with van der Waals surface area (Å²) in [5.41, 5.74) is 2.01. The molecule has 0 saturated carbocycles. The molecule has 9 heterocycles. The summed E-state index contributed by atoms with van der Waals surface area (Å²) in [6.45, 7) is 16.8. The molecule has 0 spiro atoms. The molecule has 0 unspecified atom stereocenters. The minimum atomic E-state index is -1.32. The first-order valence-electron chi connectivity index (χ1n) is 44.2. The van der Waals surface area contributed by atoms with E-state index in [-0.39, 0.29) is 230 Å². The molecule has 51 nitrogen and oxygen atoms in total. The Balaban J connectivity index is 0.688. The molecule has 51 heteroatoms. The molecule has 133 heavy (non-hydrogen) atoms. The number of nitrogens with zero attached hydrogens (tertiary/aromatic N) is 9. The summed E-state index contributed by atoms with van der Waals surface area (Å²) in [5, 5.41) is 36.9. The summed E-state index contributed by atoms with van der Waals surface area (Å²) >= 11 is 0. The number of hydrogen-bond acceptors (Lipinski definition) is 44. The molecule has 3 aromatic rings. The maximum atomic E-state index is 14.0. The third-order valence-corrected chi connectivity index (χ3v) is 20.8. The van der Waals surface area contributed by atoms with Crippen LogP contribution in [0, 0.1) is 0 Å². The van der Waals surface area contributed by atoms with Crippen LogP contribution in [0.25, 0.3) is 0 Å². The van der Waals surface area contributed by atoms with Crippen LogP contribution in [-0.4, -0.2) is 405 Å². The first kappa shape index (κ1) is 108. The fraction of sp³-hybridized carbons (Fsp3) is 0.805. The van der Waals surface area contributed by atoms with Crippen molar-refractivity contribution >= 4 is 59.4 Å². The lowest BCUT2D eigenvalue weighted by molar-refractivity contribution is -0.251. The second kappa shape index (κ2) is 56.7. The Morgan fingerprint density at radius 2 is 0.624 bits per heavy atom. The fourth-order valence-corrected chi connectivity index (χ4v) is 15.1. The zero-order valence-electron chi connectivity index (χ0n) is 76.9. The maximum absolute atomic E-state index is 14.0. The average molecular weight is 1900 g/mol. The molecule has 6 aliphatic rings. The Morgan fingerprint density at radius 3 is 0.880 bits per heavy atom. The standard InChI is InChI=1S/C82H130N14O37/c1-54(97)84-67-70(125-57(4)100)73(128-60(7)103)80(51-122-76(67)131-80)48-116-36-33-113-30-27-110-24-21-107-18-15-94-39-63(88-91-94)42-119-45-79(87-66(106)13-11-10-12-14-83,46-120-43-64-40-95(92-89-64)16-19-108-22-25-111-28-31-114-34-37-117-49-81-52-123-77(132-81)68(85-55(2)98)71(126-58(5)101)74(81)129-61(8)104)47-121-44-65-41-96(93-90-65)17-20-109-23-26-112-29-32-115-35-38-118-50-82-53-124-78(133-82)69(86-56(3)99)72(127-59(6)102)75(82)130-62(9)105/h39-41,67-78H,10-38,42-53,83H2,1-9H3,(H,84,97)(H,85,98)(H,86,99)(H,87,106)/t67-,68-,69-,70-,71-,72-,73-,74-,75-,76+,77+,78+,80+,81+,82+/m1/s1. The lowest BCUT2D eigenvalue weighted by atomic mass is 9.87. The molecule has 4 amide bonds. The smallest absolute Gasteiger partial charge is 0.303 e. The number of ether oxygens (including phenoxy) is 27. The third-order valence-electron chi connectivity index (χ3n) is 20.8. The number of amides is 4. The maximum Gasteiger partial charge on any atom is 0.303 e. The summed E-state index contributed by atoms with van der Waals surface area (Å²) in [6.07, 6.45) is -2.34. The average Bonchev–Trinajstić information content (AvgIpc) is 1.60. The van der Waals surface area contributed by atoms with E-state index in [1.165, 1.54) is 62.3 Å². The van der Waals surface area contributed by atoms with E-state index in [4.69, 9.17) is 134 Å². The highest BCUT2D eigenvalue weighted by Gasteiger charge is 2.66. The van der Waals surface area contributed by atoms with Crippen molar-refractivity contribution in [2.45, 2.75) is 223 Å². The highest BCUT2D eigenvalue weighted by atomic mass is 16.8. The van der Waals surface area contributed by atoms with Gasteiger partial charge in [0, 0.05) is 68.7 Å². The lowest BCUT2D eigenvalue weighted by Gasteiger charge is -2.45. The van der Waals surface area contributed by atoms with Crippen molar-refractivity contribution in [3.05, 3.63) is 35.7 Å². The van der Waals surface area contributed by atoms with E-state index in [1.54, 1.807) is 32.6 Å². The summed E-state index contributed by atoms with van der Waals surface area (Å²) in [4.78, 5) is 123. The minimum absolute atomic E-state index is 0.0148. The molecule has 15 atom stereocenters. The number of hydrogen-bond donors (Lipinski definition) is 5. The van der Waals surface area contributed by atoms with E-state index in [1.807, 2.05) is 0 Å². The number of esters is 6. The normalized spacial score (nSPS) is 24.5. The summed E-state index contributed by atoms with van der Waals surface area (Å²) < 4.78 is 162. The number of fused-ring (bicyclic) bond motifs is 6. The molecule has 6 aliphatic heterocycles. The van der Waals surface area contributed by atoms with Crippen molar-refractivity contribution in [2.75, 3.05) is 205 Å². The van der Waals surface area contributed by atoms with Crippen molar-refractivity contribution < 1.29 is 176 Å². The van der Waals surface area contributed by atoms with E-state index in [0.717, 1.165) is 12.8 Å². The van der Waals surface area contributed by atoms with E-state index in [9.17, 15) is 47.9 Å². The summed E-state index contributed by atoms with van der Waals surface area (Å²) in [7, 11) is 0. The van der Waals surface area contributed by atoms with Gasteiger partial charge in [0.15, 0.2) is 72.3 Å². The number of nitrogens with two attached hydrogens (primary N) is 1. The number of rotatable bonds is 69. The molecule has 6 bridgehead atoms. The molecule has 6 saturated heterocycles. The topological polar surface area (TPSA) is 586 Å². The third kappa shape index (κ3) is 36.0. The van der Waals surface area contributed by atoms with Crippen LogP contribution < -0.4 is 27.0 Å². The predicted octanol–water partition coefficient (Wildman–Crippen LogP) is -3.54. The van der Waals surface area contributed by atoms with Gasteiger partial charge in [-0.3, -0.25) is 47.9 Å². The van der Waals surface area contributed by atoms with Gasteiger partial charge in [-0.1, -0.05) is 22.1 Å². The van der Waals surface area contributed by atoms with Crippen LogP contribution in [0.2, 0.25) is 0 Å². The molecule has 0 aliphatic carbocycles. The summed E-state index contributed by atoms with van der Waals surface area (Å²) in [5.74, 6) is -5.48. The number of unbranched alkanes of at least 4 members (excludes halogenated alkanes) is 2. The molecule has 6 N–H and O–H groups in total. The Kier molecular flexibility index (Phi) is 46.0. The van der Waals surface area contributed by atoms with Gasteiger partial charge in [0.05, 0.1) is 256 Å². The van der Waals surface area contributed by atoms with Crippen LogP contribution in [0.4, 0.5) is 0 Å². The van der Waals surface area contributed by atoms with Crippen molar-refractivity contribution in [1.82, 2.24) is 66.2 Å². The Labute approximate surface area is 768 Å². The number of carbonyl (C=O) groups is 10. The van der Waals surface area contributed by atoms with Gasteiger partial charge in [-0.15, -0.1) is 15.3 Å². The van der Waals surface area contributed by atoms with Crippen molar-refractivity contribution in [1.29, 1.82) is 0 Å². The minimum Gasteiger partial charge on any atom is -0.456 e. The second-order valence-electron chi connectivity index (χ2n) is 32.1. The quantitative estimate of drug-likeness (QED) is 0.0208. The molecule has 0 radical (unpaired) electrons. The first-order chi connectivity index (χ1) is 64.1. The van der Waals surface area contributed by atoms with Gasteiger partial charge in [-0.2, -0.15) is 0 Å². The van der Waals surface area contributed by atoms with Crippen molar-refractivity contribution in [3.8, 4) is 0 Å². The van der Waals surface area contributed by atoms with Gasteiger partial charge >= 0.3 is 35.8 Å². The molecule has 750 valence electrons. The molecule has 3 aromatic heterocycles. The van der Waals surface area contributed by atoms with Crippen molar-refractivity contribution in [2.24, 2.45) is 5.73 Å². The molecule has 0 aromatic carbocycles. The molecule has 9 rings (SSSR count). The highest BCUT2D eigenvalue weighted by molar-refractivity contribution is 5.77. The SMILES string of the molecule is CC(=O)N[C@H]1[C@H]2OC[C@](COCCOCCOCCOCCn3cc(COCC(COCc4cn(CCOCCOCCOCCOC[C@@]56CO[C@@H](O5)[C@H](NC(C)=O)[C@@H](OC(C)=O)[C@H]6OC(C)=O)nn4)(COCc4cn(CCOCCOCCOCCOC[C@@]56CO[C@@H](O5)[C@H](NC(C)=O)[C@@H](OC(C)=O)[C@H]6OC(C)=O)nn4)NC(=O)CCCCCN)nn3)(O2)[C@H](OC(C)=O)[C@@H]1OC(C)=O. The molecular weight excluding hydrogens is 1770 g/mol. The zero-order chi connectivity index (χ0) is 95.4. The van der Waals surface area contributed by atoms with Gasteiger partial charge in [0.1, 0.15) is 40.7 Å². The van der Waals surface area contributed by atoms with E-state index in [0.29, 0.717) is 49.7 Å². The zero-order valence-corrected chi connectivity index (χ0v) is 76.9. The van der Waals surface area contributed by atoms with E-state index in [2.05, 4.69) is 52.2 Å². The number of aromatic nitrogens is 9. The Morgan fingerprint density at radius 1 is 0.361 bits per heavy atom. The number of nitrogens with one attached hydrogen (secondary N) is 4. The second-order valence-corrected chi connectivity index (χ2v) is 32.1. The Hall–Kier alpha value is -8.76. The fourth-order valence-electron chi connectivity index (χ4n) is 15.1. The van der Waals surface area contributed by atoms with Crippen LogP contribution >= 0.6 is 0 Å². The summed E-state index contributed by atoms with van der Waals surface area (Å²) in [6, 6.07) is -2.82. The molecule has 6 fully saturated rings. The van der Waals surface area contributed by atoms with Crippen LogP contribution in [0.5, 0.6) is 0 Å². The highest BCUT2D eigenvalue weighted by Crippen LogP contribution is 2.44. The largest absolute Gasteiger partial charge is 0.456 e. The number of carbonyl (C=O) groups excluding carboxylic acids is 10. The van der Waals surface area contributed by atoms with Crippen LogP contribution in [0.1, 0.15) is 105 Å². The van der Waals surface area contributed by atoms with E-state index >= 15 is 0 Å². The van der Waals surface area contributed by atoms with Gasteiger partial charge in [0.25, 0.3) is 0 Å². The lowest BCUT2D eigenvalue weighted by Crippen LogP contribution is -2.68. The predicted molar refractivity (Wildman–Crippen MR) is 444 cm³/mol. The van der Waals surface area contributed by atoms with Crippen LogP contribution in [0.15, 0.2) is 18.6 Å². The van der Waals surface area contributed by atoms with E-state index < -0.39 is 149 Å². The van der Waals surface area contributed by atoms with Crippen LogP contribution in [-0.2, 0) is 215 Å². The van der Waals surface area contributed by atoms with Gasteiger partial charge in [-0.05, 0) is 19.4 Å². The first-order valence-corrected chi connectivity index (χ1v) is 44.2. The van der Waals surface area contributed by atoms with Gasteiger partial charge in [-0.25, -0.2) is 14.0 Å². The molecular formula is C82H130N14O37.